The standard InChI is InChI=1S/C36H39F3N4O5/c1-22-20-41-35(2,3)19-31(44)42-29-14-12-25-18-26(36(37,38)39)13-15-30(25)43(34(29)47)21-23-8-10-24(11-9-23)27-6-4-5-7-28(27)33(46)40-17-16-32(45)48-22/h4-11,13,15,18,22,29,41H,12,14,16-17,19-21H2,1-3H3,(H,40,46)(H,42,44)/t22?,29-/m1/s1. The number of carbonyl (C=O) groups excluding carboxylic acids is 4. The minimum absolute atomic E-state index is 0.0172. The number of amides is 3. The predicted octanol–water partition coefficient (Wildman–Crippen LogP) is 5.16. The Morgan fingerprint density at radius 3 is 2.33 bits per heavy atom. The van der Waals surface area contributed by atoms with Crippen LogP contribution >= 0.6 is 0 Å². The van der Waals surface area contributed by atoms with E-state index in [0.717, 1.165) is 17.7 Å². The Hall–Kier alpha value is -4.71. The van der Waals surface area contributed by atoms with Crippen molar-refractivity contribution in [1.82, 2.24) is 16.0 Å². The molecule has 3 heterocycles. The van der Waals surface area contributed by atoms with Gasteiger partial charge in [-0.3, -0.25) is 19.2 Å². The maximum atomic E-state index is 14.0. The molecule has 3 aliphatic rings. The number of hydrogen-bond donors (Lipinski definition) is 3. The molecule has 254 valence electrons. The van der Waals surface area contributed by atoms with Gasteiger partial charge in [-0.05, 0) is 80.1 Å². The third kappa shape index (κ3) is 8.41. The lowest BCUT2D eigenvalue weighted by Crippen LogP contribution is -2.51. The van der Waals surface area contributed by atoms with Crippen molar-refractivity contribution in [2.24, 2.45) is 0 Å². The highest BCUT2D eigenvalue weighted by molar-refractivity contribution is 6.01. The quantitative estimate of drug-likeness (QED) is 0.286. The van der Waals surface area contributed by atoms with Gasteiger partial charge in [0, 0.05) is 36.3 Å². The molecule has 3 aromatic carbocycles. The molecular weight excluding hydrogens is 625 g/mol. The molecule has 0 radical (unpaired) electrons. The van der Waals surface area contributed by atoms with Gasteiger partial charge in [-0.1, -0.05) is 42.5 Å². The SMILES string of the molecule is CC1CNC(C)(C)CC(=O)N[C@@H]2CCc3cc(C(F)(F)F)ccc3N(Cc3ccc(cc3)-c3ccccc3C(=O)NCCC(=O)O1)C2=O. The average molecular weight is 665 g/mol. The number of halogens is 3. The number of rotatable bonds is 0. The number of alkyl halides is 3. The third-order valence-corrected chi connectivity index (χ3v) is 8.49. The third-order valence-electron chi connectivity index (χ3n) is 8.49. The lowest BCUT2D eigenvalue weighted by Gasteiger charge is -2.30. The second-order valence-corrected chi connectivity index (χ2v) is 12.9. The van der Waals surface area contributed by atoms with Gasteiger partial charge in [0.05, 0.1) is 18.5 Å². The van der Waals surface area contributed by atoms with E-state index in [2.05, 4.69) is 16.0 Å². The largest absolute Gasteiger partial charge is 0.461 e. The fraction of sp³-hybridized carbons (Fsp3) is 0.389. The molecule has 0 saturated carbocycles. The van der Waals surface area contributed by atoms with Gasteiger partial charge < -0.3 is 25.6 Å². The van der Waals surface area contributed by atoms with E-state index in [1.807, 2.05) is 0 Å². The minimum atomic E-state index is -4.56. The van der Waals surface area contributed by atoms with Crippen molar-refractivity contribution < 1.29 is 37.1 Å². The molecule has 0 spiro atoms. The van der Waals surface area contributed by atoms with E-state index >= 15 is 0 Å². The molecule has 2 atom stereocenters. The fourth-order valence-corrected chi connectivity index (χ4v) is 5.99. The summed E-state index contributed by atoms with van der Waals surface area (Å²) >= 11 is 0. The van der Waals surface area contributed by atoms with Crippen molar-refractivity contribution in [3.63, 3.8) is 0 Å². The molecule has 9 nitrogen and oxygen atoms in total. The molecule has 48 heavy (non-hydrogen) atoms. The van der Waals surface area contributed by atoms with Gasteiger partial charge in [0.15, 0.2) is 0 Å². The highest BCUT2D eigenvalue weighted by Gasteiger charge is 2.36. The van der Waals surface area contributed by atoms with Gasteiger partial charge in [-0.25, -0.2) is 0 Å². The summed E-state index contributed by atoms with van der Waals surface area (Å²) in [7, 11) is 0. The van der Waals surface area contributed by atoms with Gasteiger partial charge in [0.1, 0.15) is 12.1 Å². The van der Waals surface area contributed by atoms with Crippen LogP contribution in [0.2, 0.25) is 0 Å². The van der Waals surface area contributed by atoms with Gasteiger partial charge in [-0.2, -0.15) is 13.2 Å². The molecule has 1 unspecified atom stereocenters. The molecule has 3 aromatic rings. The highest BCUT2D eigenvalue weighted by atomic mass is 19.4. The second kappa shape index (κ2) is 14.2. The monoisotopic (exact) mass is 664 g/mol. The molecule has 4 bridgehead atoms. The van der Waals surface area contributed by atoms with Crippen molar-refractivity contribution in [3.8, 4) is 11.1 Å². The molecule has 6 rings (SSSR count). The van der Waals surface area contributed by atoms with Crippen molar-refractivity contribution in [3.05, 3.63) is 89.0 Å². The van der Waals surface area contributed by atoms with Crippen LogP contribution in [0.5, 0.6) is 0 Å². The lowest BCUT2D eigenvalue weighted by atomic mass is 9.98. The number of nitrogens with one attached hydrogen (secondary N) is 3. The summed E-state index contributed by atoms with van der Waals surface area (Å²) in [6, 6.07) is 16.6. The molecule has 3 N–H and O–H groups in total. The van der Waals surface area contributed by atoms with Crippen LogP contribution in [-0.2, 0) is 38.3 Å². The van der Waals surface area contributed by atoms with Gasteiger partial charge in [-0.15, -0.1) is 0 Å². The first-order chi connectivity index (χ1) is 22.7. The van der Waals surface area contributed by atoms with Crippen molar-refractivity contribution in [1.29, 1.82) is 0 Å². The van der Waals surface area contributed by atoms with Crippen LogP contribution < -0.4 is 20.9 Å². The van der Waals surface area contributed by atoms with Gasteiger partial charge in [0.2, 0.25) is 11.8 Å². The Labute approximate surface area is 277 Å². The van der Waals surface area contributed by atoms with Crippen molar-refractivity contribution in [2.45, 2.75) is 76.9 Å². The summed E-state index contributed by atoms with van der Waals surface area (Å²) in [6.07, 6.45) is -4.86. The van der Waals surface area contributed by atoms with E-state index in [9.17, 15) is 32.3 Å². The summed E-state index contributed by atoms with van der Waals surface area (Å²) in [6.45, 7) is 5.68. The normalized spacial score (nSPS) is 21.2. The van der Waals surface area contributed by atoms with Crippen LogP contribution in [0.15, 0.2) is 66.7 Å². The summed E-state index contributed by atoms with van der Waals surface area (Å²) in [5.74, 6) is -1.68. The summed E-state index contributed by atoms with van der Waals surface area (Å²) in [5, 5.41) is 8.83. The van der Waals surface area contributed by atoms with Crippen LogP contribution in [0, 0.1) is 0 Å². The first-order valence-corrected chi connectivity index (χ1v) is 15.9. The van der Waals surface area contributed by atoms with Crippen LogP contribution in [0.25, 0.3) is 11.1 Å². The number of carbonyl (C=O) groups is 4. The summed E-state index contributed by atoms with van der Waals surface area (Å²) in [4.78, 5) is 54.3. The Morgan fingerprint density at radius 1 is 0.917 bits per heavy atom. The molecule has 0 saturated heterocycles. The van der Waals surface area contributed by atoms with Crippen LogP contribution in [0.1, 0.15) is 67.1 Å². The predicted molar refractivity (Wildman–Crippen MR) is 174 cm³/mol. The Kier molecular flexibility index (Phi) is 10.2. The number of anilines is 1. The smallest absolute Gasteiger partial charge is 0.416 e. The minimum Gasteiger partial charge on any atom is -0.461 e. The Morgan fingerprint density at radius 2 is 1.62 bits per heavy atom. The Bertz CT molecular complexity index is 1690. The topological polar surface area (TPSA) is 117 Å². The first-order valence-electron chi connectivity index (χ1n) is 15.9. The maximum absolute atomic E-state index is 14.0. The number of hydrogen-bond acceptors (Lipinski definition) is 6. The van der Waals surface area contributed by atoms with Crippen LogP contribution in [0.4, 0.5) is 18.9 Å². The number of esters is 1. The maximum Gasteiger partial charge on any atom is 0.416 e. The number of fused-ring (bicyclic) bond motifs is 15. The molecule has 0 fully saturated rings. The molecular formula is C36H39F3N4O5. The zero-order chi connectivity index (χ0) is 34.6. The molecule has 0 aromatic heterocycles. The number of ether oxygens (including phenoxy) is 1. The van der Waals surface area contributed by atoms with E-state index in [0.29, 0.717) is 27.9 Å². The summed E-state index contributed by atoms with van der Waals surface area (Å²) in [5.41, 5.74) is 1.65. The number of nitrogens with zero attached hydrogens (tertiary/aromatic N) is 1. The fourth-order valence-electron chi connectivity index (χ4n) is 5.99. The Balaban J connectivity index is 1.50. The zero-order valence-corrected chi connectivity index (χ0v) is 27.1. The van der Waals surface area contributed by atoms with E-state index in [1.54, 1.807) is 69.3 Å². The second-order valence-electron chi connectivity index (χ2n) is 12.9. The summed E-state index contributed by atoms with van der Waals surface area (Å²) < 4.78 is 46.4. The molecule has 3 amide bonds. The molecule has 0 aliphatic carbocycles. The van der Waals surface area contributed by atoms with E-state index in [-0.39, 0.29) is 51.2 Å². The average Bonchev–Trinajstić information content (AvgIpc) is 3.15. The lowest BCUT2D eigenvalue weighted by molar-refractivity contribution is -0.148. The highest BCUT2D eigenvalue weighted by Crippen LogP contribution is 2.36. The zero-order valence-electron chi connectivity index (χ0n) is 27.1. The van der Waals surface area contributed by atoms with Crippen molar-refractivity contribution in [2.75, 3.05) is 18.0 Å². The molecule has 3 aliphatic heterocycles. The van der Waals surface area contributed by atoms with Crippen LogP contribution in [-0.4, -0.2) is 54.5 Å². The number of benzene rings is 3. The number of aryl methyl sites for hydroxylation is 1. The van der Waals surface area contributed by atoms with Gasteiger partial charge >= 0.3 is 12.1 Å². The van der Waals surface area contributed by atoms with E-state index in [4.69, 9.17) is 4.74 Å². The van der Waals surface area contributed by atoms with E-state index in [1.165, 1.54) is 11.0 Å². The van der Waals surface area contributed by atoms with Crippen LogP contribution in [0.3, 0.4) is 0 Å². The van der Waals surface area contributed by atoms with Gasteiger partial charge in [0.25, 0.3) is 5.91 Å². The van der Waals surface area contributed by atoms with Crippen molar-refractivity contribution >= 4 is 29.4 Å². The van der Waals surface area contributed by atoms with E-state index < -0.39 is 47.2 Å². The molecule has 12 heteroatoms. The first kappa shape index (κ1) is 34.6.